The molecule has 1 aromatic carbocycles. The van der Waals surface area contributed by atoms with E-state index < -0.39 is 12.6 Å². The minimum atomic E-state index is -4.18. The molecule has 1 heterocycles. The highest BCUT2D eigenvalue weighted by atomic mass is 127. The standard InChI is InChI=1S/C18H27F3N4O.HI/c1-22-17(23-9-8-18(19,20)21)24-13-16(25-10-3-4-11-25)14-6-5-7-15(12-14)26-2;/h5-7,12,16H,3-4,8-11,13H2,1-2H3,(H2,22,23,24);1H. The van der Waals surface area contributed by atoms with Gasteiger partial charge in [0.1, 0.15) is 5.75 Å². The van der Waals surface area contributed by atoms with Crippen molar-refractivity contribution in [1.82, 2.24) is 15.5 Å². The van der Waals surface area contributed by atoms with E-state index in [0.29, 0.717) is 12.5 Å². The van der Waals surface area contributed by atoms with E-state index in [1.807, 2.05) is 24.3 Å². The highest BCUT2D eigenvalue weighted by Crippen LogP contribution is 2.27. The van der Waals surface area contributed by atoms with Crippen molar-refractivity contribution in [2.24, 2.45) is 4.99 Å². The number of nitrogens with zero attached hydrogens (tertiary/aromatic N) is 2. The molecule has 0 aliphatic carbocycles. The Hall–Kier alpha value is -1.23. The molecule has 1 saturated heterocycles. The van der Waals surface area contributed by atoms with Crippen molar-refractivity contribution in [1.29, 1.82) is 0 Å². The maximum Gasteiger partial charge on any atom is 0.390 e. The van der Waals surface area contributed by atoms with Crippen molar-refractivity contribution in [3.05, 3.63) is 29.8 Å². The molecule has 1 fully saturated rings. The molecule has 0 radical (unpaired) electrons. The zero-order chi connectivity index (χ0) is 19.0. The Bertz CT molecular complexity index is 592. The number of nitrogens with one attached hydrogen (secondary N) is 2. The molecule has 1 aliphatic heterocycles. The van der Waals surface area contributed by atoms with Crippen LogP contribution in [0.25, 0.3) is 0 Å². The first kappa shape index (κ1) is 23.8. The van der Waals surface area contributed by atoms with Gasteiger partial charge in [0.25, 0.3) is 0 Å². The molecule has 9 heteroatoms. The van der Waals surface area contributed by atoms with E-state index in [9.17, 15) is 13.2 Å². The van der Waals surface area contributed by atoms with Gasteiger partial charge in [-0.3, -0.25) is 9.89 Å². The SMILES string of the molecule is CN=C(NCCC(F)(F)F)NCC(c1cccc(OC)c1)N1CCCC1.I. The highest BCUT2D eigenvalue weighted by molar-refractivity contribution is 14.0. The van der Waals surface area contributed by atoms with Gasteiger partial charge >= 0.3 is 6.18 Å². The number of guanidine groups is 1. The normalized spacial score (nSPS) is 16.6. The number of hydrogen-bond donors (Lipinski definition) is 2. The van der Waals surface area contributed by atoms with Crippen molar-refractivity contribution >= 4 is 29.9 Å². The summed E-state index contributed by atoms with van der Waals surface area (Å²) in [6.45, 7) is 2.36. The topological polar surface area (TPSA) is 48.9 Å². The first-order chi connectivity index (χ1) is 12.4. The molecule has 0 aromatic heterocycles. The van der Waals surface area contributed by atoms with Crippen LogP contribution in [0.2, 0.25) is 0 Å². The van der Waals surface area contributed by atoms with Crippen LogP contribution in [0.1, 0.15) is 30.9 Å². The molecule has 1 aromatic rings. The van der Waals surface area contributed by atoms with Crippen LogP contribution in [0, 0.1) is 0 Å². The molecule has 1 atom stereocenters. The minimum Gasteiger partial charge on any atom is -0.497 e. The van der Waals surface area contributed by atoms with Gasteiger partial charge in [-0.15, -0.1) is 24.0 Å². The number of methoxy groups -OCH3 is 1. The lowest BCUT2D eigenvalue weighted by Crippen LogP contribution is -2.43. The number of benzene rings is 1. The summed E-state index contributed by atoms with van der Waals surface area (Å²) < 4.78 is 42.2. The van der Waals surface area contributed by atoms with Crippen LogP contribution in [0.15, 0.2) is 29.3 Å². The first-order valence-corrected chi connectivity index (χ1v) is 8.82. The van der Waals surface area contributed by atoms with Crippen LogP contribution in [-0.2, 0) is 0 Å². The number of likely N-dealkylation sites (tertiary alicyclic amines) is 1. The summed E-state index contributed by atoms with van der Waals surface area (Å²) in [5.74, 6) is 1.17. The molecule has 2 rings (SSSR count). The molecule has 0 spiro atoms. The highest BCUT2D eigenvalue weighted by Gasteiger charge is 2.27. The Morgan fingerprint density at radius 2 is 1.96 bits per heavy atom. The van der Waals surface area contributed by atoms with Crippen LogP contribution in [0.5, 0.6) is 5.75 Å². The van der Waals surface area contributed by atoms with Gasteiger partial charge in [0, 0.05) is 20.1 Å². The number of aliphatic imine (C=N–C) groups is 1. The zero-order valence-electron chi connectivity index (χ0n) is 15.7. The molecule has 1 unspecified atom stereocenters. The Kier molecular flexibility index (Phi) is 10.2. The molecule has 0 saturated carbocycles. The Morgan fingerprint density at radius 1 is 1.26 bits per heavy atom. The van der Waals surface area contributed by atoms with Crippen LogP contribution in [-0.4, -0.2) is 57.4 Å². The van der Waals surface area contributed by atoms with E-state index in [2.05, 4.69) is 20.5 Å². The number of hydrogen-bond acceptors (Lipinski definition) is 3. The van der Waals surface area contributed by atoms with Gasteiger partial charge in [0.2, 0.25) is 0 Å². The molecule has 27 heavy (non-hydrogen) atoms. The summed E-state index contributed by atoms with van der Waals surface area (Å²) in [6, 6.07) is 8.01. The summed E-state index contributed by atoms with van der Waals surface area (Å²) in [4.78, 5) is 6.40. The van der Waals surface area contributed by atoms with Crippen molar-refractivity contribution in [2.75, 3.05) is 40.3 Å². The Balaban J connectivity index is 0.00000364. The van der Waals surface area contributed by atoms with Gasteiger partial charge in [0.15, 0.2) is 5.96 Å². The average molecular weight is 500 g/mol. The largest absolute Gasteiger partial charge is 0.497 e. The molecule has 0 bridgehead atoms. The third kappa shape index (κ3) is 8.12. The van der Waals surface area contributed by atoms with Gasteiger partial charge in [-0.05, 0) is 43.6 Å². The number of halogens is 4. The summed E-state index contributed by atoms with van der Waals surface area (Å²) in [7, 11) is 3.19. The molecule has 154 valence electrons. The lowest BCUT2D eigenvalue weighted by atomic mass is 10.1. The molecule has 0 amide bonds. The van der Waals surface area contributed by atoms with Gasteiger partial charge in [-0.25, -0.2) is 0 Å². The summed E-state index contributed by atoms with van der Waals surface area (Å²) in [5.41, 5.74) is 1.12. The van der Waals surface area contributed by atoms with Gasteiger partial charge in [-0.2, -0.15) is 13.2 Å². The second kappa shape index (κ2) is 11.6. The van der Waals surface area contributed by atoms with E-state index in [1.54, 1.807) is 14.2 Å². The third-order valence-electron chi connectivity index (χ3n) is 4.45. The predicted octanol–water partition coefficient (Wildman–Crippen LogP) is 3.57. The first-order valence-electron chi connectivity index (χ1n) is 8.82. The predicted molar refractivity (Wildman–Crippen MR) is 112 cm³/mol. The zero-order valence-corrected chi connectivity index (χ0v) is 18.0. The van der Waals surface area contributed by atoms with Gasteiger partial charge in [-0.1, -0.05) is 12.1 Å². The van der Waals surface area contributed by atoms with Crippen LogP contribution in [0.3, 0.4) is 0 Å². The smallest absolute Gasteiger partial charge is 0.390 e. The van der Waals surface area contributed by atoms with E-state index in [-0.39, 0.29) is 36.6 Å². The lowest BCUT2D eigenvalue weighted by molar-refractivity contribution is -0.132. The average Bonchev–Trinajstić information content (AvgIpc) is 3.14. The van der Waals surface area contributed by atoms with E-state index in [4.69, 9.17) is 4.74 Å². The molecular weight excluding hydrogens is 472 g/mol. The molecule has 1 aliphatic rings. The summed E-state index contributed by atoms with van der Waals surface area (Å²) in [6.07, 6.45) is -2.76. The van der Waals surface area contributed by atoms with Crippen LogP contribution < -0.4 is 15.4 Å². The van der Waals surface area contributed by atoms with E-state index in [0.717, 1.165) is 37.2 Å². The van der Waals surface area contributed by atoms with E-state index >= 15 is 0 Å². The summed E-state index contributed by atoms with van der Waals surface area (Å²) >= 11 is 0. The summed E-state index contributed by atoms with van der Waals surface area (Å²) in [5, 5.41) is 5.88. The second-order valence-corrected chi connectivity index (χ2v) is 6.28. The maximum atomic E-state index is 12.3. The van der Waals surface area contributed by atoms with E-state index in [1.165, 1.54) is 0 Å². The number of rotatable bonds is 7. The van der Waals surface area contributed by atoms with Crippen molar-refractivity contribution in [3.63, 3.8) is 0 Å². The van der Waals surface area contributed by atoms with Gasteiger partial charge in [0.05, 0.1) is 19.6 Å². The Morgan fingerprint density at radius 3 is 2.56 bits per heavy atom. The number of alkyl halides is 3. The number of ether oxygens (including phenoxy) is 1. The monoisotopic (exact) mass is 500 g/mol. The third-order valence-corrected chi connectivity index (χ3v) is 4.45. The van der Waals surface area contributed by atoms with Crippen LogP contribution in [0.4, 0.5) is 13.2 Å². The van der Waals surface area contributed by atoms with Crippen molar-refractivity contribution in [3.8, 4) is 5.75 Å². The minimum absolute atomic E-state index is 0. The van der Waals surface area contributed by atoms with Crippen molar-refractivity contribution in [2.45, 2.75) is 31.5 Å². The van der Waals surface area contributed by atoms with Crippen LogP contribution >= 0.6 is 24.0 Å². The van der Waals surface area contributed by atoms with Crippen molar-refractivity contribution < 1.29 is 17.9 Å². The molecule has 5 nitrogen and oxygen atoms in total. The van der Waals surface area contributed by atoms with Gasteiger partial charge < -0.3 is 15.4 Å². The fourth-order valence-corrected chi connectivity index (χ4v) is 3.10. The maximum absolute atomic E-state index is 12.3. The fraction of sp³-hybridized carbons (Fsp3) is 0.611. The second-order valence-electron chi connectivity index (χ2n) is 6.28. The fourth-order valence-electron chi connectivity index (χ4n) is 3.10. The quantitative estimate of drug-likeness (QED) is 0.342. The molecular formula is C18H28F3IN4O. The Labute approximate surface area is 175 Å². The lowest BCUT2D eigenvalue weighted by Gasteiger charge is -2.29. The molecule has 2 N–H and O–H groups in total.